The van der Waals surface area contributed by atoms with Gasteiger partial charge in [0.2, 0.25) is 5.91 Å². The quantitative estimate of drug-likeness (QED) is 0.720. The van der Waals surface area contributed by atoms with Crippen molar-refractivity contribution in [2.45, 2.75) is 57.9 Å². The Hall–Kier alpha value is -1.35. The van der Waals surface area contributed by atoms with Crippen LogP contribution in [-0.2, 0) is 11.2 Å². The molecule has 2 rings (SSSR count). The van der Waals surface area contributed by atoms with Gasteiger partial charge < -0.3 is 10.6 Å². The second-order valence-corrected chi connectivity index (χ2v) is 5.89. The van der Waals surface area contributed by atoms with E-state index in [1.165, 1.54) is 37.7 Å². The summed E-state index contributed by atoms with van der Waals surface area (Å²) >= 11 is 0. The normalized spacial score (nSPS) is 17.3. The summed E-state index contributed by atoms with van der Waals surface area (Å²) in [6, 6.07) is 8.09. The van der Waals surface area contributed by atoms with Gasteiger partial charge in [0.05, 0.1) is 0 Å². The lowest BCUT2D eigenvalue weighted by molar-refractivity contribution is -0.123. The highest BCUT2D eigenvalue weighted by Gasteiger charge is 2.25. The number of benzene rings is 1. The summed E-state index contributed by atoms with van der Waals surface area (Å²) in [5.41, 5.74) is 2.44. The highest BCUT2D eigenvalue weighted by atomic mass is 16.2. The smallest absolute Gasteiger partial charge is 0.241 e. The third-order valence-electron chi connectivity index (χ3n) is 4.20. The van der Waals surface area contributed by atoms with Crippen LogP contribution in [0.4, 0.5) is 0 Å². The standard InChI is InChI=1S/C18H28N2O/c1-2-3-4-5-6-9-13-20-18(21)17-16-11-8-7-10-15(16)12-14-19-17/h7-8,10-11,17,19H,2-6,9,12-14H2,1H3,(H,20,21). The van der Waals surface area contributed by atoms with Crippen LogP contribution in [0.2, 0.25) is 0 Å². The first-order chi connectivity index (χ1) is 10.3. The number of rotatable bonds is 8. The van der Waals surface area contributed by atoms with Crippen LogP contribution in [0.1, 0.15) is 62.6 Å². The molecule has 1 aromatic rings. The Morgan fingerprint density at radius 3 is 2.81 bits per heavy atom. The number of unbranched alkanes of at least 4 members (excludes halogenated alkanes) is 5. The predicted octanol–water partition coefficient (Wildman–Crippen LogP) is 3.35. The molecule has 0 saturated heterocycles. The van der Waals surface area contributed by atoms with E-state index in [1.54, 1.807) is 0 Å². The van der Waals surface area contributed by atoms with Crippen molar-refractivity contribution in [1.29, 1.82) is 0 Å². The first kappa shape index (κ1) is 16.0. The van der Waals surface area contributed by atoms with E-state index in [4.69, 9.17) is 0 Å². The number of carbonyl (C=O) groups excluding carboxylic acids is 1. The summed E-state index contributed by atoms with van der Waals surface area (Å²) in [5.74, 6) is 0.121. The number of hydrogen-bond donors (Lipinski definition) is 2. The molecule has 1 amide bonds. The zero-order valence-corrected chi connectivity index (χ0v) is 13.2. The highest BCUT2D eigenvalue weighted by Crippen LogP contribution is 2.22. The van der Waals surface area contributed by atoms with E-state index in [0.29, 0.717) is 0 Å². The van der Waals surface area contributed by atoms with Crippen LogP contribution in [0.15, 0.2) is 24.3 Å². The minimum atomic E-state index is -0.171. The van der Waals surface area contributed by atoms with Gasteiger partial charge in [0, 0.05) is 13.1 Å². The van der Waals surface area contributed by atoms with E-state index in [9.17, 15) is 4.79 Å². The summed E-state index contributed by atoms with van der Waals surface area (Å²) in [6.07, 6.45) is 8.53. The van der Waals surface area contributed by atoms with Crippen LogP contribution < -0.4 is 10.6 Å². The topological polar surface area (TPSA) is 41.1 Å². The van der Waals surface area contributed by atoms with Gasteiger partial charge in [-0.1, -0.05) is 63.3 Å². The first-order valence-corrected chi connectivity index (χ1v) is 8.42. The van der Waals surface area contributed by atoms with Crippen molar-refractivity contribution in [3.8, 4) is 0 Å². The second-order valence-electron chi connectivity index (χ2n) is 5.89. The Bertz CT molecular complexity index is 445. The fraction of sp³-hybridized carbons (Fsp3) is 0.611. The molecular weight excluding hydrogens is 260 g/mol. The Kier molecular flexibility index (Phi) is 6.74. The molecule has 0 bridgehead atoms. The molecule has 0 radical (unpaired) electrons. The van der Waals surface area contributed by atoms with E-state index in [2.05, 4.69) is 35.8 Å². The maximum absolute atomic E-state index is 12.3. The number of hydrogen-bond acceptors (Lipinski definition) is 2. The summed E-state index contributed by atoms with van der Waals surface area (Å²) in [7, 11) is 0. The lowest BCUT2D eigenvalue weighted by Crippen LogP contribution is -2.41. The number of carbonyl (C=O) groups is 1. The van der Waals surface area contributed by atoms with Gasteiger partial charge in [0.15, 0.2) is 0 Å². The van der Waals surface area contributed by atoms with Crippen LogP contribution in [0.25, 0.3) is 0 Å². The van der Waals surface area contributed by atoms with E-state index in [-0.39, 0.29) is 11.9 Å². The molecule has 3 nitrogen and oxygen atoms in total. The van der Waals surface area contributed by atoms with Gasteiger partial charge in [0.25, 0.3) is 0 Å². The summed E-state index contributed by atoms with van der Waals surface area (Å²) in [6.45, 7) is 3.91. The van der Waals surface area contributed by atoms with Gasteiger partial charge in [-0.15, -0.1) is 0 Å². The van der Waals surface area contributed by atoms with Crippen LogP contribution in [0, 0.1) is 0 Å². The molecule has 1 aromatic carbocycles. The molecule has 1 atom stereocenters. The Morgan fingerprint density at radius 1 is 1.19 bits per heavy atom. The van der Waals surface area contributed by atoms with E-state index >= 15 is 0 Å². The molecule has 0 aromatic heterocycles. The molecule has 116 valence electrons. The monoisotopic (exact) mass is 288 g/mol. The number of nitrogens with one attached hydrogen (secondary N) is 2. The molecule has 1 aliphatic rings. The lowest BCUT2D eigenvalue weighted by Gasteiger charge is -2.26. The molecule has 2 N–H and O–H groups in total. The second kappa shape index (κ2) is 8.83. The van der Waals surface area contributed by atoms with Crippen molar-refractivity contribution in [3.63, 3.8) is 0 Å². The third-order valence-corrected chi connectivity index (χ3v) is 4.20. The van der Waals surface area contributed by atoms with Crippen molar-refractivity contribution >= 4 is 5.91 Å². The van der Waals surface area contributed by atoms with Gasteiger partial charge in [-0.3, -0.25) is 4.79 Å². The molecule has 0 saturated carbocycles. The molecule has 0 fully saturated rings. The van der Waals surface area contributed by atoms with Crippen molar-refractivity contribution in [3.05, 3.63) is 35.4 Å². The molecule has 1 unspecified atom stereocenters. The van der Waals surface area contributed by atoms with Crippen LogP contribution >= 0.6 is 0 Å². The van der Waals surface area contributed by atoms with E-state index in [0.717, 1.165) is 31.5 Å². The summed E-state index contributed by atoms with van der Waals surface area (Å²) < 4.78 is 0. The van der Waals surface area contributed by atoms with Crippen molar-refractivity contribution in [2.24, 2.45) is 0 Å². The van der Waals surface area contributed by atoms with Crippen molar-refractivity contribution < 1.29 is 4.79 Å². The summed E-state index contributed by atoms with van der Waals surface area (Å²) in [5, 5.41) is 6.41. The van der Waals surface area contributed by atoms with Gasteiger partial charge >= 0.3 is 0 Å². The fourth-order valence-corrected chi connectivity index (χ4v) is 2.96. The third kappa shape index (κ3) is 4.85. The molecule has 3 heteroatoms. The molecular formula is C18H28N2O. The average molecular weight is 288 g/mol. The maximum Gasteiger partial charge on any atom is 0.241 e. The highest BCUT2D eigenvalue weighted by molar-refractivity contribution is 5.83. The largest absolute Gasteiger partial charge is 0.354 e. The number of fused-ring (bicyclic) bond motifs is 1. The van der Waals surface area contributed by atoms with Gasteiger partial charge in [-0.25, -0.2) is 0 Å². The number of amides is 1. The van der Waals surface area contributed by atoms with E-state index in [1.807, 2.05) is 6.07 Å². The zero-order chi connectivity index (χ0) is 14.9. The first-order valence-electron chi connectivity index (χ1n) is 8.42. The molecule has 1 heterocycles. The minimum absolute atomic E-state index is 0.121. The SMILES string of the molecule is CCCCCCCCNC(=O)C1NCCc2ccccc21. The Morgan fingerprint density at radius 2 is 1.95 bits per heavy atom. The van der Waals surface area contributed by atoms with Gasteiger partial charge in [-0.2, -0.15) is 0 Å². The Labute approximate surface area is 128 Å². The van der Waals surface area contributed by atoms with Gasteiger partial charge in [0.1, 0.15) is 6.04 Å². The predicted molar refractivity (Wildman–Crippen MR) is 87.3 cm³/mol. The maximum atomic E-state index is 12.3. The van der Waals surface area contributed by atoms with Crippen molar-refractivity contribution in [1.82, 2.24) is 10.6 Å². The Balaban J connectivity index is 1.72. The zero-order valence-electron chi connectivity index (χ0n) is 13.2. The minimum Gasteiger partial charge on any atom is -0.354 e. The average Bonchev–Trinajstić information content (AvgIpc) is 2.53. The fourth-order valence-electron chi connectivity index (χ4n) is 2.96. The van der Waals surface area contributed by atoms with Crippen LogP contribution in [0.3, 0.4) is 0 Å². The van der Waals surface area contributed by atoms with E-state index < -0.39 is 0 Å². The lowest BCUT2D eigenvalue weighted by atomic mass is 9.94. The van der Waals surface area contributed by atoms with Crippen LogP contribution in [0.5, 0.6) is 0 Å². The van der Waals surface area contributed by atoms with Crippen molar-refractivity contribution in [2.75, 3.05) is 13.1 Å². The molecule has 0 aliphatic carbocycles. The molecule has 1 aliphatic heterocycles. The van der Waals surface area contributed by atoms with Crippen LogP contribution in [-0.4, -0.2) is 19.0 Å². The summed E-state index contributed by atoms with van der Waals surface area (Å²) in [4.78, 5) is 12.3. The molecule has 21 heavy (non-hydrogen) atoms. The van der Waals surface area contributed by atoms with Gasteiger partial charge in [-0.05, 0) is 24.0 Å². The molecule has 0 spiro atoms.